The van der Waals surface area contributed by atoms with Crippen molar-refractivity contribution < 1.29 is 9.59 Å². The van der Waals surface area contributed by atoms with Crippen molar-refractivity contribution in [2.45, 2.75) is 31.3 Å². The van der Waals surface area contributed by atoms with Crippen molar-refractivity contribution >= 4 is 11.8 Å². The van der Waals surface area contributed by atoms with E-state index in [1.165, 1.54) is 0 Å². The lowest BCUT2D eigenvalue weighted by atomic mass is 9.86. The molecule has 0 bridgehead atoms. The molecule has 0 radical (unpaired) electrons. The lowest BCUT2D eigenvalue weighted by Gasteiger charge is -2.49. The highest BCUT2D eigenvalue weighted by atomic mass is 16.2. The zero-order chi connectivity index (χ0) is 17.9. The minimum absolute atomic E-state index is 0.0523. The molecule has 2 aliphatic rings. The minimum Gasteiger partial charge on any atom is -0.339 e. The third kappa shape index (κ3) is 3.73. The molecule has 1 atom stereocenters. The number of likely N-dealkylation sites (N-methyl/N-ethyl adjacent to an activating group) is 1. The Labute approximate surface area is 148 Å². The van der Waals surface area contributed by atoms with E-state index in [1.54, 1.807) is 23.2 Å². The molecule has 2 saturated heterocycles. The summed E-state index contributed by atoms with van der Waals surface area (Å²) < 4.78 is 1.55. The number of hydrogen-bond donors (Lipinski definition) is 0. The van der Waals surface area contributed by atoms with E-state index in [0.29, 0.717) is 32.6 Å². The summed E-state index contributed by atoms with van der Waals surface area (Å²) >= 11 is 0. The van der Waals surface area contributed by atoms with Crippen molar-refractivity contribution in [1.82, 2.24) is 29.7 Å². The Morgan fingerprint density at radius 3 is 2.92 bits per heavy atom. The third-order valence-corrected chi connectivity index (χ3v) is 5.48. The smallest absolute Gasteiger partial charge is 0.244 e. The molecule has 0 aromatic carbocycles. The molecule has 25 heavy (non-hydrogen) atoms. The Balaban J connectivity index is 1.70. The molecule has 8 heteroatoms. The van der Waals surface area contributed by atoms with Gasteiger partial charge in [0, 0.05) is 50.9 Å². The van der Waals surface area contributed by atoms with E-state index in [-0.39, 0.29) is 23.9 Å². The van der Waals surface area contributed by atoms with Gasteiger partial charge in [0.2, 0.25) is 11.8 Å². The molecule has 2 fully saturated rings. The lowest BCUT2D eigenvalue weighted by Crippen LogP contribution is -2.62. The van der Waals surface area contributed by atoms with Crippen molar-refractivity contribution in [1.29, 1.82) is 0 Å². The van der Waals surface area contributed by atoms with Crippen LogP contribution in [0.3, 0.4) is 0 Å². The van der Waals surface area contributed by atoms with E-state index in [2.05, 4.69) is 28.8 Å². The van der Waals surface area contributed by atoms with Crippen molar-refractivity contribution in [3.63, 3.8) is 0 Å². The first kappa shape index (κ1) is 17.6. The van der Waals surface area contributed by atoms with Crippen molar-refractivity contribution in [3.8, 4) is 0 Å². The van der Waals surface area contributed by atoms with E-state index >= 15 is 0 Å². The summed E-state index contributed by atoms with van der Waals surface area (Å²) in [5.74, 6) is 0.229. The van der Waals surface area contributed by atoms with Crippen LogP contribution in [-0.2, 0) is 16.1 Å². The Bertz CT molecular complexity index is 631. The van der Waals surface area contributed by atoms with E-state index in [0.717, 1.165) is 19.4 Å². The second-order valence-electron chi connectivity index (χ2n) is 6.94. The minimum atomic E-state index is -0.137. The van der Waals surface area contributed by atoms with Gasteiger partial charge < -0.3 is 9.80 Å². The second-order valence-corrected chi connectivity index (χ2v) is 6.94. The normalized spacial score (nSPS) is 25.2. The molecule has 3 rings (SSSR count). The van der Waals surface area contributed by atoms with E-state index in [4.69, 9.17) is 0 Å². The first-order chi connectivity index (χ1) is 12.0. The van der Waals surface area contributed by atoms with E-state index in [1.807, 2.05) is 9.80 Å². The number of piperazine rings is 1. The van der Waals surface area contributed by atoms with Crippen LogP contribution in [0.15, 0.2) is 25.0 Å². The van der Waals surface area contributed by atoms with Gasteiger partial charge in [-0.1, -0.05) is 11.3 Å². The van der Waals surface area contributed by atoms with Gasteiger partial charge in [0.25, 0.3) is 0 Å². The van der Waals surface area contributed by atoms with Gasteiger partial charge in [-0.05, 0) is 19.9 Å². The van der Waals surface area contributed by atoms with Gasteiger partial charge in [-0.15, -0.1) is 11.7 Å². The molecule has 136 valence electrons. The highest BCUT2D eigenvalue weighted by Gasteiger charge is 2.43. The fourth-order valence-electron chi connectivity index (χ4n) is 3.81. The van der Waals surface area contributed by atoms with Gasteiger partial charge in [-0.25, -0.2) is 4.68 Å². The van der Waals surface area contributed by atoms with E-state index in [9.17, 15) is 9.59 Å². The van der Waals surface area contributed by atoms with Crippen LogP contribution in [0.1, 0.15) is 19.3 Å². The predicted molar refractivity (Wildman–Crippen MR) is 92.6 cm³/mol. The monoisotopic (exact) mass is 346 g/mol. The second kappa shape index (κ2) is 7.35. The Morgan fingerprint density at radius 2 is 2.20 bits per heavy atom. The maximum absolute atomic E-state index is 12.6. The molecule has 1 aromatic rings. The number of aromatic nitrogens is 3. The fraction of sp³-hybridized carbons (Fsp3) is 0.647. The predicted octanol–water partition coefficient (Wildman–Crippen LogP) is -0.0106. The highest BCUT2D eigenvalue weighted by Crippen LogP contribution is 2.32. The standard InChI is InChI=1S/C17H26N6O2/c1-3-8-21-9-6-17(5-4-15(21)24)14-22(12-11-20(17)2)16(25)13-23-10-7-18-19-23/h3,7,10H,1,4-6,8-9,11-14H2,2H3/t17-/m0/s1. The maximum Gasteiger partial charge on any atom is 0.244 e. The number of nitrogens with zero attached hydrogens (tertiary/aromatic N) is 6. The van der Waals surface area contributed by atoms with Gasteiger partial charge in [0.05, 0.1) is 6.20 Å². The largest absolute Gasteiger partial charge is 0.339 e. The van der Waals surface area contributed by atoms with Crippen LogP contribution in [-0.4, -0.2) is 86.8 Å². The first-order valence-corrected chi connectivity index (χ1v) is 8.76. The molecule has 0 saturated carbocycles. The van der Waals surface area contributed by atoms with E-state index < -0.39 is 0 Å². The number of rotatable bonds is 4. The molecule has 1 aromatic heterocycles. The maximum atomic E-state index is 12.6. The average Bonchev–Trinajstić information content (AvgIpc) is 3.06. The van der Waals surface area contributed by atoms with Gasteiger partial charge >= 0.3 is 0 Å². The Hall–Kier alpha value is -2.22. The van der Waals surface area contributed by atoms with Crippen molar-refractivity contribution in [3.05, 3.63) is 25.0 Å². The number of amides is 2. The molecule has 3 heterocycles. The molecule has 2 aliphatic heterocycles. The summed E-state index contributed by atoms with van der Waals surface area (Å²) in [5, 5.41) is 7.62. The Kier molecular flexibility index (Phi) is 5.17. The number of hydrogen-bond acceptors (Lipinski definition) is 5. The number of carbonyl (C=O) groups excluding carboxylic acids is 2. The molecule has 1 spiro atoms. The van der Waals surface area contributed by atoms with Gasteiger partial charge in [0.1, 0.15) is 6.54 Å². The summed E-state index contributed by atoms with van der Waals surface area (Å²) in [6.07, 6.45) is 7.21. The van der Waals surface area contributed by atoms with Gasteiger partial charge in [-0.2, -0.15) is 0 Å². The Morgan fingerprint density at radius 1 is 1.36 bits per heavy atom. The van der Waals surface area contributed by atoms with Gasteiger partial charge in [-0.3, -0.25) is 14.5 Å². The molecule has 0 unspecified atom stereocenters. The summed E-state index contributed by atoms with van der Waals surface area (Å²) in [6, 6.07) is 0. The van der Waals surface area contributed by atoms with Crippen LogP contribution in [0, 0.1) is 0 Å². The zero-order valence-electron chi connectivity index (χ0n) is 14.8. The molecular formula is C17H26N6O2. The van der Waals surface area contributed by atoms with Crippen LogP contribution in [0.25, 0.3) is 0 Å². The average molecular weight is 346 g/mol. The molecular weight excluding hydrogens is 320 g/mol. The summed E-state index contributed by atoms with van der Waals surface area (Å²) in [4.78, 5) is 31.1. The summed E-state index contributed by atoms with van der Waals surface area (Å²) in [7, 11) is 2.10. The molecule has 0 N–H and O–H groups in total. The van der Waals surface area contributed by atoms with Crippen LogP contribution in [0.2, 0.25) is 0 Å². The van der Waals surface area contributed by atoms with Crippen LogP contribution >= 0.6 is 0 Å². The SMILES string of the molecule is C=CCN1CC[C@@]2(CCC1=O)CN(C(=O)Cn1ccnn1)CCN2C. The number of carbonyl (C=O) groups is 2. The van der Waals surface area contributed by atoms with Gasteiger partial charge in [0.15, 0.2) is 0 Å². The van der Waals surface area contributed by atoms with Crippen LogP contribution in [0.4, 0.5) is 0 Å². The summed E-state index contributed by atoms with van der Waals surface area (Å²) in [5.41, 5.74) is -0.137. The highest BCUT2D eigenvalue weighted by molar-refractivity contribution is 5.77. The third-order valence-electron chi connectivity index (χ3n) is 5.48. The summed E-state index contributed by atoms with van der Waals surface area (Å²) in [6.45, 7) is 7.43. The molecule has 0 aliphatic carbocycles. The zero-order valence-corrected chi connectivity index (χ0v) is 14.8. The number of likely N-dealkylation sites (tertiary alicyclic amines) is 1. The van der Waals surface area contributed by atoms with Crippen molar-refractivity contribution in [2.75, 3.05) is 39.8 Å². The van der Waals surface area contributed by atoms with Crippen LogP contribution in [0.5, 0.6) is 0 Å². The molecule has 2 amide bonds. The quantitative estimate of drug-likeness (QED) is 0.717. The lowest BCUT2D eigenvalue weighted by molar-refractivity contribution is -0.137. The topological polar surface area (TPSA) is 74.6 Å². The first-order valence-electron chi connectivity index (χ1n) is 8.76. The molecule has 8 nitrogen and oxygen atoms in total. The van der Waals surface area contributed by atoms with Crippen LogP contribution < -0.4 is 0 Å². The fourth-order valence-corrected chi connectivity index (χ4v) is 3.81. The van der Waals surface area contributed by atoms with Crippen molar-refractivity contribution in [2.24, 2.45) is 0 Å².